The molecule has 5 nitrogen and oxygen atoms in total. The van der Waals surface area contributed by atoms with Crippen LogP contribution in [-0.4, -0.2) is 27.4 Å². The van der Waals surface area contributed by atoms with Gasteiger partial charge >= 0.3 is 0 Å². The van der Waals surface area contributed by atoms with E-state index in [2.05, 4.69) is 31.3 Å². The molecular weight excluding hydrogens is 370 g/mol. The number of benzene rings is 1. The number of H-pyrrole nitrogens is 1. The van der Waals surface area contributed by atoms with E-state index in [1.807, 2.05) is 6.07 Å². The van der Waals surface area contributed by atoms with Gasteiger partial charge in [-0.3, -0.25) is 0 Å². The molecule has 0 atom stereocenters. The number of hydrogen-bond donors (Lipinski definition) is 1. The molecule has 1 aromatic heterocycles. The first-order valence-electron chi connectivity index (χ1n) is 7.13. The van der Waals surface area contributed by atoms with Crippen molar-refractivity contribution < 1.29 is 13.5 Å². The zero-order valence-electron chi connectivity index (χ0n) is 12.0. The molecule has 0 radical (unpaired) electrons. The summed E-state index contributed by atoms with van der Waals surface area (Å²) in [5.41, 5.74) is 1.35. The van der Waals surface area contributed by atoms with Gasteiger partial charge in [0.25, 0.3) is 0 Å². The van der Waals surface area contributed by atoms with E-state index in [1.165, 1.54) is 0 Å². The van der Waals surface area contributed by atoms with Crippen LogP contribution in [0.3, 0.4) is 0 Å². The van der Waals surface area contributed by atoms with E-state index in [1.54, 1.807) is 18.2 Å². The number of nitriles is 1. The van der Waals surface area contributed by atoms with Crippen LogP contribution in [0, 0.1) is 11.3 Å². The largest absolute Gasteiger partial charge is 0.490 e. The van der Waals surface area contributed by atoms with Crippen LogP contribution in [0.25, 0.3) is 11.3 Å². The van der Waals surface area contributed by atoms with Gasteiger partial charge in [-0.2, -0.15) is 5.26 Å². The third kappa shape index (κ3) is 3.67. The molecule has 0 spiro atoms. The normalized spacial score (nSPS) is 17.7. The summed E-state index contributed by atoms with van der Waals surface area (Å²) >= 11 is 3.39. The fourth-order valence-corrected chi connectivity index (χ4v) is 3.07. The Bertz CT molecular complexity index is 746. The molecule has 1 heterocycles. The topological polar surface area (TPSA) is 74.6 Å². The van der Waals surface area contributed by atoms with Crippen LogP contribution in [0.2, 0.25) is 0 Å². The summed E-state index contributed by atoms with van der Waals surface area (Å²) in [5.74, 6) is -2.03. The Kier molecular flexibility index (Phi) is 4.31. The highest BCUT2D eigenvalue weighted by atomic mass is 79.9. The Morgan fingerprint density at radius 1 is 1.30 bits per heavy atom. The Hall–Kier alpha value is -2.01. The van der Waals surface area contributed by atoms with Crippen LogP contribution in [0.1, 0.15) is 31.4 Å². The van der Waals surface area contributed by atoms with Gasteiger partial charge in [0.1, 0.15) is 17.5 Å². The molecule has 3 rings (SSSR count). The van der Waals surface area contributed by atoms with Crippen LogP contribution in [-0.2, 0) is 0 Å². The second-order valence-corrected chi connectivity index (χ2v) is 6.41. The maximum absolute atomic E-state index is 13.2. The van der Waals surface area contributed by atoms with Crippen molar-refractivity contribution in [2.24, 2.45) is 0 Å². The van der Waals surface area contributed by atoms with Crippen molar-refractivity contribution in [2.45, 2.75) is 37.7 Å². The molecule has 1 N–H and O–H groups in total. The molecule has 2 aromatic rings. The minimum Gasteiger partial charge on any atom is -0.490 e. The van der Waals surface area contributed by atoms with Gasteiger partial charge in [-0.1, -0.05) is 21.1 Å². The number of halogens is 3. The lowest BCUT2D eigenvalue weighted by Gasteiger charge is -2.28. The molecular formula is C15H13BrF2N4O. The van der Waals surface area contributed by atoms with Gasteiger partial charge in [0.15, 0.2) is 5.69 Å². The lowest BCUT2D eigenvalue weighted by atomic mass is 9.94. The summed E-state index contributed by atoms with van der Waals surface area (Å²) in [6.07, 6.45) is 0.107. The lowest BCUT2D eigenvalue weighted by molar-refractivity contribution is -0.0582. The highest BCUT2D eigenvalue weighted by molar-refractivity contribution is 9.10. The van der Waals surface area contributed by atoms with E-state index in [9.17, 15) is 8.78 Å². The Morgan fingerprint density at radius 3 is 2.74 bits per heavy atom. The standard InChI is InChI=1S/C15H13BrF2N4O/c16-10-5-9(14-13(8-19)20-22-21-14)6-12(7-10)23-11-1-3-15(17,18)4-2-11/h5-7,11H,1-4H2,(H,20,21,22). The zero-order valence-corrected chi connectivity index (χ0v) is 13.6. The predicted molar refractivity (Wildman–Crippen MR) is 82.1 cm³/mol. The highest BCUT2D eigenvalue weighted by Gasteiger charge is 2.35. The number of ether oxygens (including phenoxy) is 1. The maximum atomic E-state index is 13.2. The van der Waals surface area contributed by atoms with Gasteiger partial charge < -0.3 is 4.74 Å². The molecule has 1 aliphatic carbocycles. The third-order valence-electron chi connectivity index (χ3n) is 3.77. The average molecular weight is 383 g/mol. The molecule has 1 fully saturated rings. The number of alkyl halides is 2. The molecule has 0 amide bonds. The van der Waals surface area contributed by atoms with Crippen molar-refractivity contribution >= 4 is 15.9 Å². The first-order valence-corrected chi connectivity index (χ1v) is 7.93. The Balaban J connectivity index is 1.80. The lowest BCUT2D eigenvalue weighted by Crippen LogP contribution is -2.30. The third-order valence-corrected chi connectivity index (χ3v) is 4.23. The molecule has 0 unspecified atom stereocenters. The van der Waals surface area contributed by atoms with Crippen molar-refractivity contribution in [3.63, 3.8) is 0 Å². The van der Waals surface area contributed by atoms with Gasteiger partial charge in [-0.05, 0) is 31.0 Å². The summed E-state index contributed by atoms with van der Waals surface area (Å²) in [6.45, 7) is 0. The minimum atomic E-state index is -2.58. The van der Waals surface area contributed by atoms with Crippen molar-refractivity contribution in [3.8, 4) is 23.1 Å². The van der Waals surface area contributed by atoms with Gasteiger partial charge in [0.2, 0.25) is 5.92 Å². The minimum absolute atomic E-state index is 0.152. The van der Waals surface area contributed by atoms with E-state index in [0.29, 0.717) is 29.8 Å². The molecule has 8 heteroatoms. The highest BCUT2D eigenvalue weighted by Crippen LogP contribution is 2.36. The second kappa shape index (κ2) is 6.24. The monoisotopic (exact) mass is 382 g/mol. The SMILES string of the molecule is N#Cc1[nH]nnc1-c1cc(Br)cc(OC2CCC(F)(F)CC2)c1. The molecule has 1 aliphatic rings. The first kappa shape index (κ1) is 15.9. The zero-order chi connectivity index (χ0) is 16.4. The van der Waals surface area contributed by atoms with Crippen LogP contribution >= 0.6 is 15.9 Å². The van der Waals surface area contributed by atoms with Gasteiger partial charge in [-0.25, -0.2) is 13.9 Å². The summed E-state index contributed by atoms with van der Waals surface area (Å²) in [4.78, 5) is 0. The average Bonchev–Trinajstić information content (AvgIpc) is 2.97. The van der Waals surface area contributed by atoms with Gasteiger partial charge in [0, 0.05) is 22.9 Å². The Morgan fingerprint density at radius 2 is 2.04 bits per heavy atom. The summed E-state index contributed by atoms with van der Waals surface area (Å²) < 4.78 is 33.0. The van der Waals surface area contributed by atoms with Crippen molar-refractivity contribution in [1.29, 1.82) is 5.26 Å². The fraction of sp³-hybridized carbons (Fsp3) is 0.400. The first-order chi connectivity index (χ1) is 11.0. The van der Waals surface area contributed by atoms with E-state index in [4.69, 9.17) is 10.00 Å². The van der Waals surface area contributed by atoms with E-state index in [0.717, 1.165) is 4.47 Å². The predicted octanol–water partition coefficient (Wildman–Crippen LogP) is 4.06. The maximum Gasteiger partial charge on any atom is 0.248 e. The number of nitrogens with one attached hydrogen (secondary N) is 1. The molecule has 0 aliphatic heterocycles. The molecule has 23 heavy (non-hydrogen) atoms. The van der Waals surface area contributed by atoms with Crippen LogP contribution in [0.5, 0.6) is 5.75 Å². The van der Waals surface area contributed by atoms with E-state index < -0.39 is 5.92 Å². The van der Waals surface area contributed by atoms with Crippen molar-refractivity contribution in [2.75, 3.05) is 0 Å². The quantitative estimate of drug-likeness (QED) is 0.868. The van der Waals surface area contributed by atoms with Crippen molar-refractivity contribution in [1.82, 2.24) is 15.4 Å². The smallest absolute Gasteiger partial charge is 0.248 e. The Labute approximate surface area is 139 Å². The van der Waals surface area contributed by atoms with Crippen molar-refractivity contribution in [3.05, 3.63) is 28.4 Å². The summed E-state index contributed by atoms with van der Waals surface area (Å²) in [5, 5.41) is 19.1. The molecule has 120 valence electrons. The number of aromatic amines is 1. The number of aromatic nitrogens is 3. The van der Waals surface area contributed by atoms with Crippen LogP contribution in [0.15, 0.2) is 22.7 Å². The van der Waals surface area contributed by atoms with E-state index in [-0.39, 0.29) is 24.6 Å². The molecule has 1 aromatic carbocycles. The summed E-state index contributed by atoms with van der Waals surface area (Å²) in [6, 6.07) is 7.27. The number of hydrogen-bond acceptors (Lipinski definition) is 4. The summed E-state index contributed by atoms with van der Waals surface area (Å²) in [7, 11) is 0. The number of nitrogens with zero attached hydrogens (tertiary/aromatic N) is 3. The second-order valence-electron chi connectivity index (χ2n) is 5.50. The number of rotatable bonds is 3. The van der Waals surface area contributed by atoms with Gasteiger partial charge in [-0.15, -0.1) is 5.10 Å². The van der Waals surface area contributed by atoms with E-state index >= 15 is 0 Å². The van der Waals surface area contributed by atoms with Crippen LogP contribution in [0.4, 0.5) is 8.78 Å². The molecule has 0 saturated heterocycles. The molecule has 1 saturated carbocycles. The molecule has 0 bridgehead atoms. The van der Waals surface area contributed by atoms with Gasteiger partial charge in [0.05, 0.1) is 6.10 Å². The fourth-order valence-electron chi connectivity index (χ4n) is 2.60. The van der Waals surface area contributed by atoms with Crippen LogP contribution < -0.4 is 4.74 Å².